The van der Waals surface area contributed by atoms with Gasteiger partial charge in [0.15, 0.2) is 6.61 Å². The predicted octanol–water partition coefficient (Wildman–Crippen LogP) is 2.14. The van der Waals surface area contributed by atoms with Crippen molar-refractivity contribution in [3.63, 3.8) is 0 Å². The highest BCUT2D eigenvalue weighted by atomic mass is 16.5. The van der Waals surface area contributed by atoms with Gasteiger partial charge in [-0.2, -0.15) is 0 Å². The van der Waals surface area contributed by atoms with Gasteiger partial charge >= 0.3 is 0 Å². The van der Waals surface area contributed by atoms with Crippen LogP contribution in [0.25, 0.3) is 0 Å². The van der Waals surface area contributed by atoms with E-state index in [1.54, 1.807) is 11.9 Å². The van der Waals surface area contributed by atoms with Crippen LogP contribution in [0.3, 0.4) is 0 Å². The van der Waals surface area contributed by atoms with Gasteiger partial charge in [0.05, 0.1) is 12.1 Å². The molecule has 0 spiro atoms. The summed E-state index contributed by atoms with van der Waals surface area (Å²) in [4.78, 5) is 13.8. The number of aryl methyl sites for hydroxylation is 1. The summed E-state index contributed by atoms with van der Waals surface area (Å²) in [5, 5.41) is 9.98. The molecule has 1 aliphatic rings. The summed E-state index contributed by atoms with van der Waals surface area (Å²) in [5.41, 5.74) is 1.10. The molecule has 2 atom stereocenters. The molecule has 1 aromatic carbocycles. The summed E-state index contributed by atoms with van der Waals surface area (Å²) in [7, 11) is 1.75. The first-order valence-electron chi connectivity index (χ1n) is 7.21. The first-order valence-corrected chi connectivity index (χ1v) is 7.21. The monoisotopic (exact) mass is 277 g/mol. The van der Waals surface area contributed by atoms with Crippen molar-refractivity contribution in [2.24, 2.45) is 0 Å². The molecule has 1 fully saturated rings. The van der Waals surface area contributed by atoms with E-state index in [2.05, 4.69) is 0 Å². The molecule has 0 saturated heterocycles. The number of hydrogen-bond donors (Lipinski definition) is 1. The van der Waals surface area contributed by atoms with Crippen LogP contribution in [0, 0.1) is 6.92 Å². The molecule has 1 N–H and O–H groups in total. The maximum atomic E-state index is 12.1. The quantitative estimate of drug-likeness (QED) is 0.917. The lowest BCUT2D eigenvalue weighted by Gasteiger charge is -2.35. The van der Waals surface area contributed by atoms with Crippen molar-refractivity contribution in [2.45, 2.75) is 44.8 Å². The molecule has 20 heavy (non-hydrogen) atoms. The van der Waals surface area contributed by atoms with E-state index in [1.165, 1.54) is 0 Å². The largest absolute Gasteiger partial charge is 0.484 e. The molecular weight excluding hydrogens is 254 g/mol. The lowest BCUT2D eigenvalue weighted by atomic mass is 9.91. The van der Waals surface area contributed by atoms with Crippen LogP contribution >= 0.6 is 0 Å². The van der Waals surface area contributed by atoms with Crippen molar-refractivity contribution in [3.05, 3.63) is 29.8 Å². The Bertz CT molecular complexity index is 461. The Labute approximate surface area is 120 Å². The SMILES string of the molecule is Cc1cccc(OCC(=O)N(C)C2CCCCC2O)c1. The van der Waals surface area contributed by atoms with Gasteiger partial charge in [-0.15, -0.1) is 0 Å². The number of carbonyl (C=O) groups excluding carboxylic acids is 1. The van der Waals surface area contributed by atoms with E-state index in [9.17, 15) is 9.90 Å². The minimum atomic E-state index is -0.406. The molecule has 0 aromatic heterocycles. The van der Waals surface area contributed by atoms with Gasteiger partial charge in [-0.05, 0) is 37.5 Å². The van der Waals surface area contributed by atoms with Crippen molar-refractivity contribution in [1.82, 2.24) is 4.90 Å². The number of benzene rings is 1. The second-order valence-corrected chi connectivity index (χ2v) is 5.53. The molecule has 0 bridgehead atoms. The Hall–Kier alpha value is -1.55. The number of nitrogens with zero attached hydrogens (tertiary/aromatic N) is 1. The Morgan fingerprint density at radius 1 is 1.40 bits per heavy atom. The fraction of sp³-hybridized carbons (Fsp3) is 0.562. The number of hydrogen-bond acceptors (Lipinski definition) is 3. The van der Waals surface area contributed by atoms with Crippen molar-refractivity contribution >= 4 is 5.91 Å². The third kappa shape index (κ3) is 3.73. The van der Waals surface area contributed by atoms with Crippen LogP contribution in [-0.2, 0) is 4.79 Å². The minimum absolute atomic E-state index is 0.0170. The van der Waals surface area contributed by atoms with Gasteiger partial charge in [-0.25, -0.2) is 0 Å². The molecule has 1 saturated carbocycles. The molecule has 0 radical (unpaired) electrons. The zero-order chi connectivity index (χ0) is 14.5. The first-order chi connectivity index (χ1) is 9.58. The lowest BCUT2D eigenvalue weighted by Crippen LogP contribution is -2.47. The summed E-state index contributed by atoms with van der Waals surface area (Å²) in [6, 6.07) is 7.57. The second kappa shape index (κ2) is 6.75. The Balaban J connectivity index is 1.87. The van der Waals surface area contributed by atoms with E-state index >= 15 is 0 Å². The van der Waals surface area contributed by atoms with Crippen LogP contribution in [-0.4, -0.2) is 41.7 Å². The number of aliphatic hydroxyl groups excluding tert-OH is 1. The molecule has 2 unspecified atom stereocenters. The highest BCUT2D eigenvalue weighted by molar-refractivity contribution is 5.77. The van der Waals surface area contributed by atoms with Crippen molar-refractivity contribution < 1.29 is 14.6 Å². The highest BCUT2D eigenvalue weighted by Crippen LogP contribution is 2.22. The van der Waals surface area contributed by atoms with Gasteiger partial charge < -0.3 is 14.7 Å². The molecular formula is C16H23NO3. The molecule has 1 aliphatic carbocycles. The summed E-state index contributed by atoms with van der Waals surface area (Å²) in [6.07, 6.45) is 3.35. The number of aliphatic hydroxyl groups is 1. The molecule has 110 valence electrons. The maximum Gasteiger partial charge on any atom is 0.260 e. The number of rotatable bonds is 4. The minimum Gasteiger partial charge on any atom is -0.484 e. The second-order valence-electron chi connectivity index (χ2n) is 5.53. The molecule has 1 aromatic rings. The topological polar surface area (TPSA) is 49.8 Å². The standard InChI is InChI=1S/C16H23NO3/c1-12-6-5-7-13(10-12)20-11-16(19)17(2)14-8-3-4-9-15(14)18/h5-7,10,14-15,18H,3-4,8-9,11H2,1-2H3. The van der Waals surface area contributed by atoms with Crippen molar-refractivity contribution in [3.8, 4) is 5.75 Å². The van der Waals surface area contributed by atoms with Gasteiger partial charge in [0, 0.05) is 7.05 Å². The predicted molar refractivity (Wildman–Crippen MR) is 77.7 cm³/mol. The number of ether oxygens (including phenoxy) is 1. The van der Waals surface area contributed by atoms with Crippen LogP contribution in [0.4, 0.5) is 0 Å². The van der Waals surface area contributed by atoms with E-state index in [1.807, 2.05) is 31.2 Å². The Morgan fingerprint density at radius 3 is 2.85 bits per heavy atom. The number of carbonyl (C=O) groups is 1. The van der Waals surface area contributed by atoms with Gasteiger partial charge in [-0.3, -0.25) is 4.79 Å². The van der Waals surface area contributed by atoms with Gasteiger partial charge in [-0.1, -0.05) is 25.0 Å². The third-order valence-electron chi connectivity index (χ3n) is 3.94. The van der Waals surface area contributed by atoms with Gasteiger partial charge in [0.1, 0.15) is 5.75 Å². The van der Waals surface area contributed by atoms with E-state index < -0.39 is 6.10 Å². The van der Waals surface area contributed by atoms with Crippen LogP contribution < -0.4 is 4.74 Å². The van der Waals surface area contributed by atoms with Gasteiger partial charge in [0.25, 0.3) is 5.91 Å². The normalized spacial score (nSPS) is 22.4. The number of likely N-dealkylation sites (N-methyl/N-ethyl adjacent to an activating group) is 1. The Morgan fingerprint density at radius 2 is 2.15 bits per heavy atom. The first kappa shape index (κ1) is 14.9. The zero-order valence-electron chi connectivity index (χ0n) is 12.2. The maximum absolute atomic E-state index is 12.1. The van der Waals surface area contributed by atoms with Crippen molar-refractivity contribution in [2.75, 3.05) is 13.7 Å². The van der Waals surface area contributed by atoms with E-state index in [-0.39, 0.29) is 18.6 Å². The summed E-state index contributed by atoms with van der Waals surface area (Å²) in [6.45, 7) is 2.00. The smallest absolute Gasteiger partial charge is 0.260 e. The van der Waals surface area contributed by atoms with Crippen LogP contribution in [0.1, 0.15) is 31.2 Å². The Kier molecular flexibility index (Phi) is 5.01. The summed E-state index contributed by atoms with van der Waals surface area (Å²) in [5.74, 6) is 0.619. The summed E-state index contributed by atoms with van der Waals surface area (Å²) < 4.78 is 5.52. The van der Waals surface area contributed by atoms with Crippen LogP contribution in [0.5, 0.6) is 5.75 Å². The average Bonchev–Trinajstić information content (AvgIpc) is 2.44. The molecule has 4 nitrogen and oxygen atoms in total. The third-order valence-corrected chi connectivity index (χ3v) is 3.94. The van der Waals surface area contributed by atoms with Crippen LogP contribution in [0.2, 0.25) is 0 Å². The van der Waals surface area contributed by atoms with E-state index in [0.717, 1.165) is 31.2 Å². The number of amides is 1. The molecule has 4 heteroatoms. The lowest BCUT2D eigenvalue weighted by molar-refractivity contribution is -0.137. The molecule has 0 heterocycles. The van der Waals surface area contributed by atoms with Crippen LogP contribution in [0.15, 0.2) is 24.3 Å². The fourth-order valence-electron chi connectivity index (χ4n) is 2.68. The molecule has 2 rings (SSSR count). The average molecular weight is 277 g/mol. The van der Waals surface area contributed by atoms with E-state index in [0.29, 0.717) is 5.75 Å². The highest BCUT2D eigenvalue weighted by Gasteiger charge is 2.29. The molecule has 0 aliphatic heterocycles. The fourth-order valence-corrected chi connectivity index (χ4v) is 2.68. The summed E-state index contributed by atoms with van der Waals surface area (Å²) >= 11 is 0. The van der Waals surface area contributed by atoms with E-state index in [4.69, 9.17) is 4.74 Å². The molecule has 1 amide bonds. The zero-order valence-corrected chi connectivity index (χ0v) is 12.2. The van der Waals surface area contributed by atoms with Crippen molar-refractivity contribution in [1.29, 1.82) is 0 Å². The van der Waals surface area contributed by atoms with Gasteiger partial charge in [0.2, 0.25) is 0 Å².